The number of hydrogen-bond donors (Lipinski definition) is 3. The number of aliphatic hydroxyl groups excluding tert-OH is 1. The second-order valence-electron chi connectivity index (χ2n) is 15.7. The van der Waals surface area contributed by atoms with Crippen molar-refractivity contribution in [3.05, 3.63) is 0 Å². The Labute approximate surface area is 298 Å². The number of aliphatic hydroxyl groups is 2. The minimum absolute atomic E-state index is 0.0460. The number of likely N-dealkylation sites (N-methyl/N-ethyl adjacent to an activating group) is 1. The summed E-state index contributed by atoms with van der Waals surface area (Å²) in [5.74, 6) is -2.36. The zero-order valence-corrected chi connectivity index (χ0v) is 32.3. The van der Waals surface area contributed by atoms with Crippen molar-refractivity contribution in [1.82, 2.24) is 15.1 Å². The van der Waals surface area contributed by atoms with Crippen LogP contribution in [-0.2, 0) is 42.8 Å². The standard InChI is InChI=1S/C36H65N3O11/c1-20-17-35(7,44)31(50-34-29(42)26(38(9)10)16-21(2)46-34)22(3)30(23(4)33(43)37-15-13-14-27(41)39(11)19-20)49-28-18-36(8,45-12)32(24(5)47-28)48-25(6)40/h20-24,26,28-32,34,42,44H,13-19H2,1-12H3,(H,37,43)/t20-,21-,22+,23-,24+,26+,28+,29-,30+,31-,32+,34+,35-,36-/m1/s1. The minimum atomic E-state index is -1.53. The molecule has 0 bridgehead atoms. The molecule has 3 aliphatic heterocycles. The van der Waals surface area contributed by atoms with E-state index in [0.717, 1.165) is 0 Å². The first-order valence-corrected chi connectivity index (χ1v) is 18.1. The van der Waals surface area contributed by atoms with E-state index in [-0.39, 0.29) is 49.1 Å². The van der Waals surface area contributed by atoms with Crippen LogP contribution in [0.1, 0.15) is 87.5 Å². The zero-order chi connectivity index (χ0) is 37.7. The number of hydrogen-bond acceptors (Lipinski definition) is 12. The van der Waals surface area contributed by atoms with Crippen LogP contribution >= 0.6 is 0 Å². The Morgan fingerprint density at radius 2 is 1.70 bits per heavy atom. The van der Waals surface area contributed by atoms with Crippen LogP contribution in [0, 0.1) is 17.8 Å². The molecule has 0 aromatic carbocycles. The van der Waals surface area contributed by atoms with Gasteiger partial charge in [0, 0.05) is 59.0 Å². The van der Waals surface area contributed by atoms with E-state index in [1.807, 2.05) is 46.7 Å². The smallest absolute Gasteiger partial charge is 0.303 e. The second kappa shape index (κ2) is 17.7. The van der Waals surface area contributed by atoms with Crippen molar-refractivity contribution in [1.29, 1.82) is 0 Å². The van der Waals surface area contributed by atoms with E-state index >= 15 is 0 Å². The fraction of sp³-hybridized carbons (Fsp3) is 0.917. The fourth-order valence-electron chi connectivity index (χ4n) is 8.07. The first-order chi connectivity index (χ1) is 23.2. The van der Waals surface area contributed by atoms with Crippen LogP contribution in [0.15, 0.2) is 0 Å². The Kier molecular flexibility index (Phi) is 15.1. The maximum Gasteiger partial charge on any atom is 0.303 e. The topological polar surface area (TPSA) is 166 Å². The summed E-state index contributed by atoms with van der Waals surface area (Å²) < 4.78 is 37.4. The highest BCUT2D eigenvalue weighted by Gasteiger charge is 2.52. The monoisotopic (exact) mass is 715 g/mol. The van der Waals surface area contributed by atoms with Gasteiger partial charge in [0.2, 0.25) is 11.8 Å². The van der Waals surface area contributed by atoms with Gasteiger partial charge in [0.15, 0.2) is 18.7 Å². The summed E-state index contributed by atoms with van der Waals surface area (Å²) in [7, 11) is 7.06. The number of ether oxygens (including phenoxy) is 6. The molecule has 3 rings (SSSR count). The number of amides is 2. The minimum Gasteiger partial charge on any atom is -0.457 e. The molecular formula is C36H65N3O11. The molecule has 3 saturated heterocycles. The quantitative estimate of drug-likeness (QED) is 0.329. The van der Waals surface area contributed by atoms with E-state index in [1.54, 1.807) is 32.7 Å². The molecule has 0 aliphatic carbocycles. The summed E-state index contributed by atoms with van der Waals surface area (Å²) in [5.41, 5.74) is -2.49. The highest BCUT2D eigenvalue weighted by molar-refractivity contribution is 5.79. The van der Waals surface area contributed by atoms with Gasteiger partial charge in [0.05, 0.1) is 35.9 Å². The predicted molar refractivity (Wildman–Crippen MR) is 185 cm³/mol. The van der Waals surface area contributed by atoms with Crippen LogP contribution in [-0.4, -0.2) is 146 Å². The van der Waals surface area contributed by atoms with Crippen LogP contribution in [0.25, 0.3) is 0 Å². The predicted octanol–water partition coefficient (Wildman–Crippen LogP) is 2.07. The van der Waals surface area contributed by atoms with Crippen LogP contribution in [0.3, 0.4) is 0 Å². The van der Waals surface area contributed by atoms with E-state index in [1.165, 1.54) is 14.0 Å². The third-order valence-corrected chi connectivity index (χ3v) is 10.7. The summed E-state index contributed by atoms with van der Waals surface area (Å²) in [5, 5.41) is 26.8. The molecule has 0 radical (unpaired) electrons. The Morgan fingerprint density at radius 3 is 2.30 bits per heavy atom. The maximum absolute atomic E-state index is 13.8. The summed E-state index contributed by atoms with van der Waals surface area (Å²) >= 11 is 0. The van der Waals surface area contributed by atoms with Gasteiger partial charge in [-0.25, -0.2) is 0 Å². The largest absolute Gasteiger partial charge is 0.457 e. The Bertz CT molecular complexity index is 1140. The van der Waals surface area contributed by atoms with E-state index in [9.17, 15) is 24.6 Å². The number of carbonyl (C=O) groups excluding carboxylic acids is 3. The van der Waals surface area contributed by atoms with E-state index < -0.39 is 72.1 Å². The lowest BCUT2D eigenvalue weighted by Crippen LogP contribution is -2.61. The number of rotatable bonds is 7. The molecule has 0 unspecified atom stereocenters. The molecule has 3 heterocycles. The van der Waals surface area contributed by atoms with Gasteiger partial charge < -0.3 is 53.8 Å². The van der Waals surface area contributed by atoms with Gasteiger partial charge in [-0.05, 0) is 67.0 Å². The Hall–Kier alpha value is -1.91. The second-order valence-corrected chi connectivity index (χ2v) is 15.7. The Balaban J connectivity index is 2.07. The number of carbonyl (C=O) groups is 3. The molecule has 3 fully saturated rings. The molecule has 14 heteroatoms. The number of nitrogens with zero attached hydrogens (tertiary/aromatic N) is 2. The van der Waals surface area contributed by atoms with Crippen molar-refractivity contribution in [2.75, 3.05) is 41.3 Å². The van der Waals surface area contributed by atoms with Gasteiger partial charge in [-0.1, -0.05) is 20.8 Å². The lowest BCUT2D eigenvalue weighted by Gasteiger charge is -2.49. The average molecular weight is 716 g/mol. The van der Waals surface area contributed by atoms with E-state index in [0.29, 0.717) is 25.9 Å². The molecule has 0 spiro atoms. The van der Waals surface area contributed by atoms with Gasteiger partial charge in [-0.3, -0.25) is 14.4 Å². The van der Waals surface area contributed by atoms with Crippen molar-refractivity contribution in [2.24, 2.45) is 17.8 Å². The van der Waals surface area contributed by atoms with Crippen LogP contribution in [0.5, 0.6) is 0 Å². The molecule has 0 saturated carbocycles. The molecule has 50 heavy (non-hydrogen) atoms. The molecule has 0 aromatic heterocycles. The third kappa shape index (κ3) is 10.6. The first kappa shape index (κ1) is 42.5. The number of esters is 1. The summed E-state index contributed by atoms with van der Waals surface area (Å²) in [6.07, 6.45) is -4.65. The van der Waals surface area contributed by atoms with Crippen molar-refractivity contribution >= 4 is 17.8 Å². The zero-order valence-electron chi connectivity index (χ0n) is 32.3. The molecule has 3 aliphatic rings. The Morgan fingerprint density at radius 1 is 1.04 bits per heavy atom. The molecule has 2 amide bonds. The molecule has 3 N–H and O–H groups in total. The van der Waals surface area contributed by atoms with Gasteiger partial charge >= 0.3 is 5.97 Å². The van der Waals surface area contributed by atoms with E-state index in [4.69, 9.17) is 28.4 Å². The molecular weight excluding hydrogens is 650 g/mol. The van der Waals surface area contributed by atoms with Crippen molar-refractivity contribution in [3.63, 3.8) is 0 Å². The van der Waals surface area contributed by atoms with Crippen LogP contribution in [0.4, 0.5) is 0 Å². The van der Waals surface area contributed by atoms with Crippen molar-refractivity contribution < 1.29 is 53.0 Å². The molecule has 14 atom stereocenters. The molecule has 290 valence electrons. The average Bonchev–Trinajstić information content (AvgIpc) is 3.01. The highest BCUT2D eigenvalue weighted by atomic mass is 16.7. The molecule has 0 aromatic rings. The summed E-state index contributed by atoms with van der Waals surface area (Å²) in [6.45, 7) is 14.8. The third-order valence-electron chi connectivity index (χ3n) is 10.7. The van der Waals surface area contributed by atoms with Crippen molar-refractivity contribution in [2.45, 2.75) is 154 Å². The molecule has 14 nitrogen and oxygen atoms in total. The van der Waals surface area contributed by atoms with Gasteiger partial charge in [-0.15, -0.1) is 0 Å². The first-order valence-electron chi connectivity index (χ1n) is 18.1. The summed E-state index contributed by atoms with van der Waals surface area (Å²) in [6, 6.07) is -0.254. The summed E-state index contributed by atoms with van der Waals surface area (Å²) in [4.78, 5) is 42.2. The SMILES string of the molecule is CO[C@]1(C)C[C@H](O[C@H]2[C@H](C)[C@@H](O[C@@H]3O[C@H](C)C[C@H](N(C)C)[C@H]3O)[C@](C)(O)C[C@@H](C)CN(C)C(=O)CCCNC(=O)[C@@H]2C)O[C@@H](C)[C@@H]1OC(C)=O. The van der Waals surface area contributed by atoms with Crippen LogP contribution in [0.2, 0.25) is 0 Å². The fourth-order valence-corrected chi connectivity index (χ4v) is 8.07. The normalized spacial score (nSPS) is 43.1. The van der Waals surface area contributed by atoms with E-state index in [2.05, 4.69) is 5.32 Å². The number of nitrogens with one attached hydrogen (secondary N) is 1. The van der Waals surface area contributed by atoms with Crippen molar-refractivity contribution in [3.8, 4) is 0 Å². The van der Waals surface area contributed by atoms with Crippen LogP contribution < -0.4 is 5.32 Å². The lowest BCUT2D eigenvalue weighted by molar-refractivity contribution is -0.318. The van der Waals surface area contributed by atoms with Gasteiger partial charge in [0.1, 0.15) is 11.7 Å². The highest BCUT2D eigenvalue weighted by Crippen LogP contribution is 2.40. The lowest BCUT2D eigenvalue weighted by atomic mass is 9.77. The van der Waals surface area contributed by atoms with Gasteiger partial charge in [0.25, 0.3) is 0 Å². The maximum atomic E-state index is 13.8. The van der Waals surface area contributed by atoms with Gasteiger partial charge in [-0.2, -0.15) is 0 Å². The number of methoxy groups -OCH3 is 1.